The number of aliphatic hydroxyl groups excluding tert-OH is 1. The topological polar surface area (TPSA) is 29.5 Å². The average Bonchev–Trinajstić information content (AvgIpc) is 2.16. The Morgan fingerprint density at radius 2 is 1.79 bits per heavy atom. The highest BCUT2D eigenvalue weighted by atomic mass is 16.5. The lowest BCUT2D eigenvalue weighted by atomic mass is 9.79. The molecule has 0 bridgehead atoms. The predicted molar refractivity (Wildman–Crippen MR) is 58.1 cm³/mol. The van der Waals surface area contributed by atoms with Crippen LogP contribution < -0.4 is 0 Å². The molecule has 1 fully saturated rings. The fourth-order valence-electron chi connectivity index (χ4n) is 2.43. The lowest BCUT2D eigenvalue weighted by Gasteiger charge is -2.40. The van der Waals surface area contributed by atoms with Gasteiger partial charge in [-0.2, -0.15) is 0 Å². The first-order valence-electron chi connectivity index (χ1n) is 5.82. The van der Waals surface area contributed by atoms with Crippen molar-refractivity contribution >= 4 is 0 Å². The maximum Gasteiger partial charge on any atom is 0.0809 e. The van der Waals surface area contributed by atoms with Crippen molar-refractivity contribution in [3.8, 4) is 0 Å². The Morgan fingerprint density at radius 3 is 2.21 bits per heavy atom. The van der Waals surface area contributed by atoms with E-state index in [4.69, 9.17) is 9.84 Å². The monoisotopic (exact) mass is 200 g/mol. The molecule has 0 aromatic heterocycles. The van der Waals surface area contributed by atoms with Gasteiger partial charge in [-0.05, 0) is 30.6 Å². The molecule has 1 N–H and O–H groups in total. The van der Waals surface area contributed by atoms with Crippen molar-refractivity contribution in [1.82, 2.24) is 0 Å². The molecular formula is C12H24O2. The molecule has 0 radical (unpaired) electrons. The summed E-state index contributed by atoms with van der Waals surface area (Å²) in [5.74, 6) is 1.90. The van der Waals surface area contributed by atoms with E-state index in [-0.39, 0.29) is 12.7 Å². The normalized spacial score (nSPS) is 34.1. The van der Waals surface area contributed by atoms with E-state index in [0.717, 1.165) is 6.42 Å². The standard InChI is InChI=1S/C12H24O2/c1-8(2)11-6-5-10(7-13)14-12(11)9(3)4/h8-13H,5-7H2,1-4H3. The fraction of sp³-hybridized carbons (Fsp3) is 1.00. The molecule has 3 atom stereocenters. The summed E-state index contributed by atoms with van der Waals surface area (Å²) >= 11 is 0. The van der Waals surface area contributed by atoms with Crippen molar-refractivity contribution < 1.29 is 9.84 Å². The van der Waals surface area contributed by atoms with Gasteiger partial charge in [-0.1, -0.05) is 27.7 Å². The molecule has 0 amide bonds. The van der Waals surface area contributed by atoms with Crippen LogP contribution in [0.15, 0.2) is 0 Å². The molecule has 1 rings (SSSR count). The molecule has 0 spiro atoms. The predicted octanol–water partition coefficient (Wildman–Crippen LogP) is 2.45. The van der Waals surface area contributed by atoms with Gasteiger partial charge in [0.1, 0.15) is 0 Å². The Balaban J connectivity index is 2.60. The molecule has 14 heavy (non-hydrogen) atoms. The fourth-order valence-corrected chi connectivity index (χ4v) is 2.43. The maximum absolute atomic E-state index is 9.09. The SMILES string of the molecule is CC(C)C1CCC(CO)OC1C(C)C. The van der Waals surface area contributed by atoms with E-state index < -0.39 is 0 Å². The third-order valence-corrected chi connectivity index (χ3v) is 3.31. The molecule has 3 unspecified atom stereocenters. The average molecular weight is 200 g/mol. The van der Waals surface area contributed by atoms with Gasteiger partial charge in [0.05, 0.1) is 18.8 Å². The largest absolute Gasteiger partial charge is 0.394 e. The van der Waals surface area contributed by atoms with E-state index in [2.05, 4.69) is 27.7 Å². The Bertz CT molecular complexity index is 166. The zero-order valence-corrected chi connectivity index (χ0v) is 9.86. The van der Waals surface area contributed by atoms with Crippen molar-refractivity contribution in [1.29, 1.82) is 0 Å². The van der Waals surface area contributed by atoms with Gasteiger partial charge in [-0.15, -0.1) is 0 Å². The summed E-state index contributed by atoms with van der Waals surface area (Å²) < 4.78 is 5.92. The minimum atomic E-state index is 0.0809. The molecule has 0 aromatic carbocycles. The van der Waals surface area contributed by atoms with Crippen LogP contribution in [-0.4, -0.2) is 23.9 Å². The smallest absolute Gasteiger partial charge is 0.0809 e. The van der Waals surface area contributed by atoms with Crippen molar-refractivity contribution in [2.24, 2.45) is 17.8 Å². The molecule has 0 saturated carbocycles. The minimum absolute atomic E-state index is 0.0809. The van der Waals surface area contributed by atoms with Crippen LogP contribution in [0.25, 0.3) is 0 Å². The highest BCUT2D eigenvalue weighted by Gasteiger charge is 2.34. The summed E-state index contributed by atoms with van der Waals surface area (Å²) in [5.41, 5.74) is 0. The molecule has 2 heteroatoms. The minimum Gasteiger partial charge on any atom is -0.394 e. The first kappa shape index (κ1) is 12.0. The Hall–Kier alpha value is -0.0800. The number of ether oxygens (including phenoxy) is 1. The van der Waals surface area contributed by atoms with Gasteiger partial charge >= 0.3 is 0 Å². The van der Waals surface area contributed by atoms with E-state index in [1.807, 2.05) is 0 Å². The summed E-state index contributed by atoms with van der Waals surface area (Å²) in [6.07, 6.45) is 2.63. The molecular weight excluding hydrogens is 176 g/mol. The van der Waals surface area contributed by atoms with E-state index in [0.29, 0.717) is 23.9 Å². The Labute approximate surface area is 87.7 Å². The summed E-state index contributed by atoms with van der Waals surface area (Å²) in [4.78, 5) is 0. The van der Waals surface area contributed by atoms with Gasteiger partial charge in [0.25, 0.3) is 0 Å². The first-order chi connectivity index (χ1) is 6.56. The summed E-state index contributed by atoms with van der Waals surface area (Å²) in [7, 11) is 0. The van der Waals surface area contributed by atoms with Gasteiger partial charge in [-0.3, -0.25) is 0 Å². The van der Waals surface area contributed by atoms with Crippen molar-refractivity contribution in [3.63, 3.8) is 0 Å². The maximum atomic E-state index is 9.09. The van der Waals surface area contributed by atoms with Crippen molar-refractivity contribution in [3.05, 3.63) is 0 Å². The summed E-state index contributed by atoms with van der Waals surface area (Å²) in [5, 5.41) is 9.09. The number of hydrogen-bond acceptors (Lipinski definition) is 2. The van der Waals surface area contributed by atoms with Gasteiger partial charge in [0.2, 0.25) is 0 Å². The molecule has 1 aliphatic rings. The third kappa shape index (κ3) is 2.71. The Morgan fingerprint density at radius 1 is 1.14 bits per heavy atom. The lowest BCUT2D eigenvalue weighted by molar-refractivity contribution is -0.128. The van der Waals surface area contributed by atoms with Crippen LogP contribution in [0.1, 0.15) is 40.5 Å². The molecule has 0 aliphatic carbocycles. The number of rotatable bonds is 3. The van der Waals surface area contributed by atoms with E-state index in [1.54, 1.807) is 0 Å². The first-order valence-corrected chi connectivity index (χ1v) is 5.82. The molecule has 2 nitrogen and oxygen atoms in total. The molecule has 84 valence electrons. The van der Waals surface area contributed by atoms with Crippen LogP contribution >= 0.6 is 0 Å². The lowest BCUT2D eigenvalue weighted by Crippen LogP contribution is -2.42. The zero-order chi connectivity index (χ0) is 10.7. The Kier molecular flexibility index (Phi) is 4.39. The third-order valence-electron chi connectivity index (χ3n) is 3.31. The second-order valence-electron chi connectivity index (χ2n) is 5.13. The van der Waals surface area contributed by atoms with Gasteiger partial charge in [-0.25, -0.2) is 0 Å². The van der Waals surface area contributed by atoms with E-state index in [1.165, 1.54) is 6.42 Å². The van der Waals surface area contributed by atoms with Crippen LogP contribution in [0.2, 0.25) is 0 Å². The summed E-state index contributed by atoms with van der Waals surface area (Å²) in [6, 6.07) is 0. The highest BCUT2D eigenvalue weighted by Crippen LogP contribution is 2.34. The van der Waals surface area contributed by atoms with Crippen molar-refractivity contribution in [2.45, 2.75) is 52.7 Å². The quantitative estimate of drug-likeness (QED) is 0.758. The second kappa shape index (κ2) is 5.13. The molecule has 1 aliphatic heterocycles. The van der Waals surface area contributed by atoms with Crippen LogP contribution in [-0.2, 0) is 4.74 Å². The molecule has 1 saturated heterocycles. The molecule has 0 aromatic rings. The van der Waals surface area contributed by atoms with Gasteiger partial charge < -0.3 is 9.84 Å². The van der Waals surface area contributed by atoms with E-state index in [9.17, 15) is 0 Å². The number of aliphatic hydroxyl groups is 1. The summed E-state index contributed by atoms with van der Waals surface area (Å²) in [6.45, 7) is 9.12. The number of hydrogen-bond donors (Lipinski definition) is 1. The van der Waals surface area contributed by atoms with Gasteiger partial charge in [0, 0.05) is 0 Å². The second-order valence-corrected chi connectivity index (χ2v) is 5.13. The van der Waals surface area contributed by atoms with E-state index >= 15 is 0 Å². The van der Waals surface area contributed by atoms with Crippen LogP contribution in [0.4, 0.5) is 0 Å². The van der Waals surface area contributed by atoms with Crippen LogP contribution in [0, 0.1) is 17.8 Å². The zero-order valence-electron chi connectivity index (χ0n) is 9.86. The molecule has 1 heterocycles. The van der Waals surface area contributed by atoms with Gasteiger partial charge in [0.15, 0.2) is 0 Å². The highest BCUT2D eigenvalue weighted by molar-refractivity contribution is 4.82. The van der Waals surface area contributed by atoms with Crippen molar-refractivity contribution in [2.75, 3.05) is 6.61 Å². The van der Waals surface area contributed by atoms with Crippen LogP contribution in [0.5, 0.6) is 0 Å². The van der Waals surface area contributed by atoms with Crippen LogP contribution in [0.3, 0.4) is 0 Å².